The first-order valence-corrected chi connectivity index (χ1v) is 12.8. The third-order valence-corrected chi connectivity index (χ3v) is 7.65. The van der Waals surface area contributed by atoms with Gasteiger partial charge < -0.3 is 19.7 Å². The third-order valence-electron chi connectivity index (χ3n) is 6.58. The highest BCUT2D eigenvalue weighted by Gasteiger charge is 2.36. The molecule has 0 aliphatic carbocycles. The molecule has 1 N–H and O–H groups in total. The third kappa shape index (κ3) is 4.53. The number of carbonyl (C=O) groups excluding carboxylic acids is 3. The summed E-state index contributed by atoms with van der Waals surface area (Å²) in [6, 6.07) is 10.9. The summed E-state index contributed by atoms with van der Waals surface area (Å²) in [5, 5.41) is 2.85. The van der Waals surface area contributed by atoms with Crippen molar-refractivity contribution in [1.82, 2.24) is 14.9 Å². The number of aromatic nitrogens is 2. The molecule has 3 aromatic rings. The zero-order chi connectivity index (χ0) is 25.5. The molecule has 3 amide bonds. The molecular weight excluding hydrogens is 496 g/mol. The summed E-state index contributed by atoms with van der Waals surface area (Å²) < 4.78 is 10.9. The molecule has 12 heteroatoms. The van der Waals surface area contributed by atoms with E-state index in [4.69, 9.17) is 9.47 Å². The van der Waals surface area contributed by atoms with Gasteiger partial charge in [0.05, 0.1) is 42.8 Å². The molecule has 3 aliphatic rings. The lowest BCUT2D eigenvalue weighted by atomic mass is 10.2. The van der Waals surface area contributed by atoms with Crippen molar-refractivity contribution in [2.45, 2.75) is 11.0 Å². The Labute approximate surface area is 216 Å². The van der Waals surface area contributed by atoms with E-state index in [1.54, 1.807) is 41.3 Å². The van der Waals surface area contributed by atoms with E-state index in [0.29, 0.717) is 65.9 Å². The van der Waals surface area contributed by atoms with Crippen molar-refractivity contribution in [3.8, 4) is 5.88 Å². The number of carbonyl (C=O) groups is 3. The second-order valence-electron chi connectivity index (χ2n) is 8.97. The molecule has 37 heavy (non-hydrogen) atoms. The number of rotatable bonds is 5. The van der Waals surface area contributed by atoms with Crippen LogP contribution in [-0.4, -0.2) is 84.5 Å². The number of anilines is 3. The number of nitrogens with zero attached hydrogens (tertiary/aromatic N) is 5. The number of thioether (sulfide) groups is 1. The van der Waals surface area contributed by atoms with E-state index in [1.807, 2.05) is 23.1 Å². The molecule has 3 aliphatic heterocycles. The van der Waals surface area contributed by atoms with E-state index >= 15 is 0 Å². The Bertz CT molecular complexity index is 1420. The second-order valence-corrected chi connectivity index (χ2v) is 9.98. The van der Waals surface area contributed by atoms with E-state index in [0.717, 1.165) is 4.90 Å². The highest BCUT2D eigenvalue weighted by Crippen LogP contribution is 2.35. The number of ether oxygens (including phenoxy) is 2. The lowest BCUT2D eigenvalue weighted by Crippen LogP contribution is -2.52. The van der Waals surface area contributed by atoms with Crippen molar-refractivity contribution >= 4 is 57.8 Å². The van der Waals surface area contributed by atoms with Gasteiger partial charge in [-0.3, -0.25) is 24.4 Å². The van der Waals surface area contributed by atoms with Gasteiger partial charge in [-0.05, 0) is 30.3 Å². The van der Waals surface area contributed by atoms with Gasteiger partial charge in [0.25, 0.3) is 0 Å². The number of fused-ring (bicyclic) bond motifs is 2. The number of benzene rings is 1. The molecule has 6 rings (SSSR count). The number of nitrogens with one attached hydrogen (secondary N) is 1. The quantitative estimate of drug-likeness (QED) is 0.541. The van der Waals surface area contributed by atoms with Gasteiger partial charge in [0, 0.05) is 42.5 Å². The summed E-state index contributed by atoms with van der Waals surface area (Å²) in [5.41, 5.74) is 3.37. The van der Waals surface area contributed by atoms with Crippen LogP contribution < -0.4 is 19.9 Å². The molecule has 2 aromatic heterocycles. The first kappa shape index (κ1) is 23.5. The molecule has 11 nitrogen and oxygen atoms in total. The van der Waals surface area contributed by atoms with Crippen molar-refractivity contribution in [2.24, 2.45) is 0 Å². The Morgan fingerprint density at radius 2 is 2.03 bits per heavy atom. The molecule has 2 fully saturated rings. The topological polar surface area (TPSA) is 117 Å². The van der Waals surface area contributed by atoms with E-state index in [2.05, 4.69) is 15.3 Å². The first-order chi connectivity index (χ1) is 18.0. The molecular formula is C25H24N6O5S. The Morgan fingerprint density at radius 1 is 1.14 bits per heavy atom. The van der Waals surface area contributed by atoms with Gasteiger partial charge in [-0.1, -0.05) is 0 Å². The smallest absolute Gasteiger partial charge is 0.414 e. The second kappa shape index (κ2) is 9.52. The van der Waals surface area contributed by atoms with Gasteiger partial charge in [-0.25, -0.2) is 9.78 Å². The summed E-state index contributed by atoms with van der Waals surface area (Å²) in [6.45, 7) is 2.11. The van der Waals surface area contributed by atoms with Crippen molar-refractivity contribution in [3.63, 3.8) is 0 Å². The van der Waals surface area contributed by atoms with Crippen LogP contribution in [0.3, 0.4) is 0 Å². The maximum atomic E-state index is 13.1. The lowest BCUT2D eigenvalue weighted by Gasteiger charge is -2.35. The Hall–Kier alpha value is -3.90. The highest BCUT2D eigenvalue weighted by atomic mass is 32.2. The average Bonchev–Trinajstić information content (AvgIpc) is 3.27. The van der Waals surface area contributed by atoms with Crippen molar-refractivity contribution in [1.29, 1.82) is 0 Å². The number of cyclic esters (lactones) is 1. The maximum Gasteiger partial charge on any atom is 0.414 e. The molecule has 1 aromatic carbocycles. The van der Waals surface area contributed by atoms with E-state index in [-0.39, 0.29) is 24.5 Å². The minimum atomic E-state index is -0.437. The molecule has 0 radical (unpaired) electrons. The fourth-order valence-corrected chi connectivity index (χ4v) is 5.60. The zero-order valence-electron chi connectivity index (χ0n) is 20.0. The monoisotopic (exact) mass is 520 g/mol. The number of pyridine rings is 2. The number of amides is 3. The molecule has 190 valence electrons. The SMILES string of the molecule is COc1ccc2nccc(N3CCN(CC4CN(c5ccc6c(c5)NC(=O)CS6)C(=O)O4)CC3=O)c2n1. The van der Waals surface area contributed by atoms with Crippen LogP contribution in [0.2, 0.25) is 0 Å². The normalized spacial score (nSPS) is 20.1. The predicted molar refractivity (Wildman–Crippen MR) is 138 cm³/mol. The summed E-state index contributed by atoms with van der Waals surface area (Å²) in [7, 11) is 1.55. The van der Waals surface area contributed by atoms with Crippen LogP contribution in [0.4, 0.5) is 21.9 Å². The summed E-state index contributed by atoms with van der Waals surface area (Å²) in [5.74, 6) is 0.719. The van der Waals surface area contributed by atoms with E-state index in [1.165, 1.54) is 11.8 Å². The number of methoxy groups -OCH3 is 1. The Morgan fingerprint density at radius 3 is 2.86 bits per heavy atom. The van der Waals surface area contributed by atoms with Crippen LogP contribution in [-0.2, 0) is 14.3 Å². The van der Waals surface area contributed by atoms with Gasteiger partial charge in [-0.2, -0.15) is 0 Å². The summed E-state index contributed by atoms with van der Waals surface area (Å²) >= 11 is 1.47. The van der Waals surface area contributed by atoms with Gasteiger partial charge in [0.2, 0.25) is 17.7 Å². The fraction of sp³-hybridized carbons (Fsp3) is 0.320. The van der Waals surface area contributed by atoms with Crippen LogP contribution in [0.25, 0.3) is 11.0 Å². The zero-order valence-corrected chi connectivity index (χ0v) is 20.9. The Balaban J connectivity index is 1.12. The van der Waals surface area contributed by atoms with Crippen molar-refractivity contribution in [3.05, 3.63) is 42.6 Å². The van der Waals surface area contributed by atoms with Gasteiger partial charge in [0.1, 0.15) is 11.6 Å². The molecule has 0 bridgehead atoms. The van der Waals surface area contributed by atoms with Gasteiger partial charge in [-0.15, -0.1) is 11.8 Å². The van der Waals surface area contributed by atoms with Crippen LogP contribution in [0.1, 0.15) is 0 Å². The Kier molecular flexibility index (Phi) is 6.05. The van der Waals surface area contributed by atoms with Crippen LogP contribution >= 0.6 is 11.8 Å². The van der Waals surface area contributed by atoms with Crippen LogP contribution in [0.15, 0.2) is 47.5 Å². The van der Waals surface area contributed by atoms with Crippen molar-refractivity contribution in [2.75, 3.05) is 60.7 Å². The standard InChI is InChI=1S/C25H24N6O5S/c1-35-22-5-3-17-24(28-22)19(6-7-26-17)30-9-8-29(13-23(30)33)11-16-12-31(25(34)36-16)15-2-4-20-18(10-15)27-21(32)14-37-20/h2-7,10,16H,8-9,11-14H2,1H3,(H,27,32). The molecule has 2 saturated heterocycles. The number of piperazine rings is 1. The van der Waals surface area contributed by atoms with Gasteiger partial charge in [0.15, 0.2) is 0 Å². The predicted octanol–water partition coefficient (Wildman–Crippen LogP) is 2.36. The molecule has 0 saturated carbocycles. The van der Waals surface area contributed by atoms with E-state index in [9.17, 15) is 14.4 Å². The maximum absolute atomic E-state index is 13.1. The minimum absolute atomic E-state index is 0.0602. The van der Waals surface area contributed by atoms with Gasteiger partial charge >= 0.3 is 6.09 Å². The molecule has 1 unspecified atom stereocenters. The summed E-state index contributed by atoms with van der Waals surface area (Å²) in [6.07, 6.45) is 0.857. The van der Waals surface area contributed by atoms with Crippen molar-refractivity contribution < 1.29 is 23.9 Å². The fourth-order valence-electron chi connectivity index (χ4n) is 4.81. The molecule has 0 spiro atoms. The first-order valence-electron chi connectivity index (χ1n) is 11.9. The van der Waals surface area contributed by atoms with Crippen LogP contribution in [0.5, 0.6) is 5.88 Å². The molecule has 1 atom stereocenters. The number of hydrogen-bond acceptors (Lipinski definition) is 9. The largest absolute Gasteiger partial charge is 0.481 e. The minimum Gasteiger partial charge on any atom is -0.481 e. The van der Waals surface area contributed by atoms with E-state index < -0.39 is 6.09 Å². The summed E-state index contributed by atoms with van der Waals surface area (Å²) in [4.78, 5) is 52.6. The molecule has 5 heterocycles. The lowest BCUT2D eigenvalue weighted by molar-refractivity contribution is -0.121. The average molecular weight is 521 g/mol. The van der Waals surface area contributed by atoms with Crippen LogP contribution in [0, 0.1) is 0 Å². The number of hydrogen-bond donors (Lipinski definition) is 1. The highest BCUT2D eigenvalue weighted by molar-refractivity contribution is 8.00.